The molecule has 106 valence electrons. The van der Waals surface area contributed by atoms with Gasteiger partial charge in [-0.05, 0) is 51.4 Å². The smallest absolute Gasteiger partial charge is 0.408 e. The lowest BCUT2D eigenvalue weighted by Crippen LogP contribution is -2.35. The van der Waals surface area contributed by atoms with Crippen LogP contribution in [0.4, 0.5) is 4.79 Å². The zero-order valence-electron chi connectivity index (χ0n) is 11.6. The van der Waals surface area contributed by atoms with Crippen LogP contribution >= 0.6 is 11.6 Å². The molecule has 0 saturated carbocycles. The molecule has 19 heavy (non-hydrogen) atoms. The molecule has 3 N–H and O–H groups in total. The number of alkyl carbamates (subject to hydrolysis) is 1. The lowest BCUT2D eigenvalue weighted by atomic mass is 10.0. The highest BCUT2D eigenvalue weighted by molar-refractivity contribution is 6.30. The fourth-order valence-electron chi connectivity index (χ4n) is 1.63. The highest BCUT2D eigenvalue weighted by atomic mass is 35.5. The SMILES string of the molecule is CC(C)(C)OC(=O)NC(CCN)c1ccc(Cl)cc1. The highest BCUT2D eigenvalue weighted by Crippen LogP contribution is 2.19. The van der Waals surface area contributed by atoms with E-state index >= 15 is 0 Å². The average molecular weight is 285 g/mol. The first-order valence-electron chi connectivity index (χ1n) is 6.27. The number of amides is 1. The Bertz CT molecular complexity index is 412. The number of carbonyl (C=O) groups is 1. The van der Waals surface area contributed by atoms with Crippen molar-refractivity contribution in [1.29, 1.82) is 0 Å². The Morgan fingerprint density at radius 1 is 1.37 bits per heavy atom. The van der Waals surface area contributed by atoms with Crippen LogP contribution in [0.1, 0.15) is 38.8 Å². The van der Waals surface area contributed by atoms with Gasteiger partial charge in [-0.15, -0.1) is 0 Å². The maximum Gasteiger partial charge on any atom is 0.408 e. The standard InChI is InChI=1S/C14H21ClN2O2/c1-14(2,3)19-13(18)17-12(8-9-16)10-4-6-11(15)7-5-10/h4-7,12H,8-9,16H2,1-3H3,(H,17,18). The van der Waals surface area contributed by atoms with Crippen molar-refractivity contribution in [2.45, 2.75) is 38.8 Å². The van der Waals surface area contributed by atoms with Gasteiger partial charge in [0.05, 0.1) is 6.04 Å². The summed E-state index contributed by atoms with van der Waals surface area (Å²) in [5, 5.41) is 3.49. The van der Waals surface area contributed by atoms with E-state index < -0.39 is 11.7 Å². The molecule has 0 bridgehead atoms. The van der Waals surface area contributed by atoms with Crippen LogP contribution in [0.25, 0.3) is 0 Å². The molecule has 4 nitrogen and oxygen atoms in total. The lowest BCUT2D eigenvalue weighted by molar-refractivity contribution is 0.0501. The summed E-state index contributed by atoms with van der Waals surface area (Å²) in [7, 11) is 0. The fraction of sp³-hybridized carbons (Fsp3) is 0.500. The molecule has 0 heterocycles. The third-order valence-electron chi connectivity index (χ3n) is 2.42. The van der Waals surface area contributed by atoms with E-state index in [1.54, 1.807) is 12.1 Å². The summed E-state index contributed by atoms with van der Waals surface area (Å²) in [5.74, 6) is 0. The van der Waals surface area contributed by atoms with E-state index in [0.717, 1.165) is 5.56 Å². The van der Waals surface area contributed by atoms with E-state index in [2.05, 4.69) is 5.32 Å². The monoisotopic (exact) mass is 284 g/mol. The maximum absolute atomic E-state index is 11.8. The highest BCUT2D eigenvalue weighted by Gasteiger charge is 2.20. The van der Waals surface area contributed by atoms with Gasteiger partial charge in [-0.25, -0.2) is 4.79 Å². The first kappa shape index (κ1) is 15.8. The molecular weight excluding hydrogens is 264 g/mol. The Labute approximate surface area is 119 Å². The fourth-order valence-corrected chi connectivity index (χ4v) is 1.76. The molecule has 1 aromatic rings. The van der Waals surface area contributed by atoms with Gasteiger partial charge in [0.15, 0.2) is 0 Å². The van der Waals surface area contributed by atoms with Gasteiger partial charge in [0.2, 0.25) is 0 Å². The summed E-state index contributed by atoms with van der Waals surface area (Å²) >= 11 is 5.85. The van der Waals surface area contributed by atoms with Crippen LogP contribution in [0.15, 0.2) is 24.3 Å². The summed E-state index contributed by atoms with van der Waals surface area (Å²) in [5.41, 5.74) is 6.02. The third-order valence-corrected chi connectivity index (χ3v) is 2.67. The molecule has 1 rings (SSSR count). The molecule has 0 spiro atoms. The largest absolute Gasteiger partial charge is 0.444 e. The number of nitrogens with one attached hydrogen (secondary N) is 1. The summed E-state index contributed by atoms with van der Waals surface area (Å²) in [6.07, 6.45) is 0.196. The van der Waals surface area contributed by atoms with Gasteiger partial charge in [-0.1, -0.05) is 23.7 Å². The van der Waals surface area contributed by atoms with Crippen LogP contribution in [0.3, 0.4) is 0 Å². The molecule has 0 aliphatic heterocycles. The van der Waals surface area contributed by atoms with Crippen molar-refractivity contribution in [2.24, 2.45) is 5.73 Å². The van der Waals surface area contributed by atoms with E-state index in [0.29, 0.717) is 18.0 Å². The zero-order chi connectivity index (χ0) is 14.5. The molecule has 1 atom stereocenters. The van der Waals surface area contributed by atoms with Crippen LogP contribution in [0.5, 0.6) is 0 Å². The average Bonchev–Trinajstić information content (AvgIpc) is 2.27. The predicted octanol–water partition coefficient (Wildman–Crippen LogP) is 3.25. The van der Waals surface area contributed by atoms with E-state index in [9.17, 15) is 4.79 Å². The van der Waals surface area contributed by atoms with Gasteiger partial charge in [0, 0.05) is 5.02 Å². The predicted molar refractivity (Wildman–Crippen MR) is 77.2 cm³/mol. The topological polar surface area (TPSA) is 64.3 Å². The van der Waals surface area contributed by atoms with Gasteiger partial charge >= 0.3 is 6.09 Å². The van der Waals surface area contributed by atoms with Crippen molar-refractivity contribution in [2.75, 3.05) is 6.54 Å². The Kier molecular flexibility index (Phi) is 5.63. The number of rotatable bonds is 4. The Morgan fingerprint density at radius 3 is 2.42 bits per heavy atom. The summed E-state index contributed by atoms with van der Waals surface area (Å²) in [6.45, 7) is 5.95. The molecule has 0 radical (unpaired) electrons. The van der Waals surface area contributed by atoms with Crippen molar-refractivity contribution in [3.63, 3.8) is 0 Å². The molecule has 0 saturated heterocycles. The second kappa shape index (κ2) is 6.78. The van der Waals surface area contributed by atoms with Gasteiger partial charge < -0.3 is 15.8 Å². The molecule has 1 aromatic carbocycles. The van der Waals surface area contributed by atoms with Gasteiger partial charge in [0.1, 0.15) is 5.60 Å². The number of benzene rings is 1. The first-order chi connectivity index (χ1) is 8.81. The van der Waals surface area contributed by atoms with Crippen LogP contribution in [0, 0.1) is 0 Å². The molecule has 0 aliphatic rings. The molecule has 0 aromatic heterocycles. The van der Waals surface area contributed by atoms with Crippen molar-refractivity contribution in [3.05, 3.63) is 34.9 Å². The molecule has 0 aliphatic carbocycles. The minimum atomic E-state index is -0.517. The van der Waals surface area contributed by atoms with Crippen molar-refractivity contribution < 1.29 is 9.53 Å². The number of ether oxygens (including phenoxy) is 1. The number of carbonyl (C=O) groups excluding carboxylic acids is 1. The summed E-state index contributed by atoms with van der Waals surface area (Å²) < 4.78 is 5.24. The Morgan fingerprint density at radius 2 is 1.95 bits per heavy atom. The van der Waals surface area contributed by atoms with E-state index in [1.807, 2.05) is 32.9 Å². The number of hydrogen-bond acceptors (Lipinski definition) is 3. The second-order valence-electron chi connectivity index (χ2n) is 5.33. The lowest BCUT2D eigenvalue weighted by Gasteiger charge is -2.23. The Balaban J connectivity index is 2.73. The molecule has 0 fully saturated rings. The summed E-state index contributed by atoms with van der Waals surface area (Å²) in [4.78, 5) is 11.8. The molecule has 5 heteroatoms. The van der Waals surface area contributed by atoms with Gasteiger partial charge in [-0.3, -0.25) is 0 Å². The number of hydrogen-bond donors (Lipinski definition) is 2. The van der Waals surface area contributed by atoms with Crippen molar-refractivity contribution >= 4 is 17.7 Å². The van der Waals surface area contributed by atoms with Crippen LogP contribution in [-0.4, -0.2) is 18.2 Å². The molecular formula is C14H21ClN2O2. The van der Waals surface area contributed by atoms with Crippen molar-refractivity contribution in [3.8, 4) is 0 Å². The minimum Gasteiger partial charge on any atom is -0.444 e. The first-order valence-corrected chi connectivity index (χ1v) is 6.64. The van der Waals surface area contributed by atoms with E-state index in [4.69, 9.17) is 22.1 Å². The number of nitrogens with two attached hydrogens (primary N) is 1. The van der Waals surface area contributed by atoms with E-state index in [-0.39, 0.29) is 6.04 Å². The molecule has 1 unspecified atom stereocenters. The maximum atomic E-state index is 11.8. The molecule has 1 amide bonds. The van der Waals surface area contributed by atoms with E-state index in [1.165, 1.54) is 0 Å². The third kappa shape index (κ3) is 5.94. The van der Waals surface area contributed by atoms with Gasteiger partial charge in [-0.2, -0.15) is 0 Å². The van der Waals surface area contributed by atoms with Crippen molar-refractivity contribution in [1.82, 2.24) is 5.32 Å². The normalized spacial score (nSPS) is 12.9. The van der Waals surface area contributed by atoms with Gasteiger partial charge in [0.25, 0.3) is 0 Å². The quantitative estimate of drug-likeness (QED) is 0.892. The Hall–Kier alpha value is -1.26. The minimum absolute atomic E-state index is 0.169. The second-order valence-corrected chi connectivity index (χ2v) is 5.76. The number of halogens is 1. The van der Waals surface area contributed by atoms with Crippen LogP contribution < -0.4 is 11.1 Å². The van der Waals surface area contributed by atoms with Crippen LogP contribution in [0.2, 0.25) is 5.02 Å². The zero-order valence-corrected chi connectivity index (χ0v) is 12.3. The summed E-state index contributed by atoms with van der Waals surface area (Å²) in [6, 6.07) is 7.16. The van der Waals surface area contributed by atoms with Crippen LogP contribution in [-0.2, 0) is 4.74 Å².